The van der Waals surface area contributed by atoms with Gasteiger partial charge < -0.3 is 23.8 Å². The van der Waals surface area contributed by atoms with Gasteiger partial charge in [0.2, 0.25) is 5.88 Å². The smallest absolute Gasteiger partial charge is 0.339 e. The number of esters is 2. The summed E-state index contributed by atoms with van der Waals surface area (Å²) in [5, 5.41) is 0. The van der Waals surface area contributed by atoms with E-state index in [1.54, 1.807) is 19.1 Å². The average Bonchev–Trinajstić information content (AvgIpc) is 3.19. The maximum atomic E-state index is 12.0. The topological polar surface area (TPSA) is 87.2 Å². The second-order valence-corrected chi connectivity index (χ2v) is 9.70. The number of hydrogen-bond donors (Lipinski definition) is 0. The van der Waals surface area contributed by atoms with Crippen LogP contribution < -0.4 is 14.2 Å². The van der Waals surface area contributed by atoms with Crippen LogP contribution in [0, 0.1) is 5.92 Å². The summed E-state index contributed by atoms with van der Waals surface area (Å²) < 4.78 is 23.6. The predicted octanol–water partition coefficient (Wildman–Crippen LogP) is 3.08. The van der Waals surface area contributed by atoms with Crippen molar-refractivity contribution in [2.24, 2.45) is 5.92 Å². The zero-order valence-corrected chi connectivity index (χ0v) is 20.0. The number of likely N-dealkylation sites (N-methyl/N-ethyl adjacent to an activating group) is 1. The van der Waals surface area contributed by atoms with Gasteiger partial charge in [0.15, 0.2) is 17.6 Å². The standard InChI is InChI=1S/C27H28N2O6/c1-4-32-26(31)17-6-10-22(28-14-17)34-21-9-7-18-19-13-16-5-8-20(33-15(2)30)24-23(16)27(18,25(21)35-24)11-12-29(19)3/h5-10,14,18-19,21,25H,4,11-13H2,1-3H3/t18-,19+,21?,25?,27-/m0/s1. The number of ether oxygens (including phenoxy) is 4. The molecular weight excluding hydrogens is 448 g/mol. The Balaban J connectivity index is 1.38. The molecule has 2 aliphatic carbocycles. The van der Waals surface area contributed by atoms with Crippen molar-refractivity contribution in [2.45, 2.75) is 50.4 Å². The van der Waals surface area contributed by atoms with Gasteiger partial charge in [-0.2, -0.15) is 0 Å². The van der Waals surface area contributed by atoms with E-state index in [0.717, 1.165) is 19.4 Å². The Labute approximate surface area is 203 Å². The van der Waals surface area contributed by atoms with E-state index in [2.05, 4.69) is 35.1 Å². The van der Waals surface area contributed by atoms with Crippen LogP contribution in [0.5, 0.6) is 17.4 Å². The van der Waals surface area contributed by atoms with Crippen LogP contribution in [0.4, 0.5) is 0 Å². The number of rotatable bonds is 5. The first-order valence-electron chi connectivity index (χ1n) is 12.1. The van der Waals surface area contributed by atoms with Crippen LogP contribution >= 0.6 is 0 Å². The molecule has 1 spiro atoms. The van der Waals surface area contributed by atoms with Gasteiger partial charge in [-0.15, -0.1) is 0 Å². The van der Waals surface area contributed by atoms with Crippen LogP contribution in [0.15, 0.2) is 42.6 Å². The molecule has 0 N–H and O–H groups in total. The van der Waals surface area contributed by atoms with E-state index in [0.29, 0.717) is 35.6 Å². The number of pyridine rings is 1. The Bertz CT molecular complexity index is 1220. The zero-order valence-electron chi connectivity index (χ0n) is 20.0. The van der Waals surface area contributed by atoms with Gasteiger partial charge in [-0.05, 0) is 57.1 Å². The largest absolute Gasteiger partial charge is 0.481 e. The summed E-state index contributed by atoms with van der Waals surface area (Å²) in [7, 11) is 2.19. The number of aromatic nitrogens is 1. The number of likely N-dealkylation sites (tertiary alicyclic amines) is 1. The fourth-order valence-electron chi connectivity index (χ4n) is 6.47. The molecule has 6 rings (SSSR count). The van der Waals surface area contributed by atoms with Crippen molar-refractivity contribution in [3.05, 3.63) is 59.3 Å². The van der Waals surface area contributed by atoms with Gasteiger partial charge in [0, 0.05) is 42.1 Å². The first kappa shape index (κ1) is 22.1. The molecule has 1 aromatic carbocycles. The van der Waals surface area contributed by atoms with Crippen LogP contribution in [-0.2, 0) is 21.4 Å². The van der Waals surface area contributed by atoms with Crippen molar-refractivity contribution in [3.63, 3.8) is 0 Å². The minimum Gasteiger partial charge on any atom is -0.481 e. The lowest BCUT2D eigenvalue weighted by Gasteiger charge is -2.56. The molecule has 2 unspecified atom stereocenters. The zero-order chi connectivity index (χ0) is 24.3. The van der Waals surface area contributed by atoms with Crippen LogP contribution in [0.2, 0.25) is 0 Å². The second kappa shape index (κ2) is 8.09. The molecule has 1 saturated heterocycles. The monoisotopic (exact) mass is 476 g/mol. The number of hydrogen-bond acceptors (Lipinski definition) is 8. The van der Waals surface area contributed by atoms with E-state index >= 15 is 0 Å². The number of nitrogens with zero attached hydrogens (tertiary/aromatic N) is 2. The van der Waals surface area contributed by atoms with Gasteiger partial charge >= 0.3 is 11.9 Å². The van der Waals surface area contributed by atoms with Crippen LogP contribution in [-0.4, -0.2) is 60.3 Å². The Morgan fingerprint density at radius 1 is 1.23 bits per heavy atom. The number of carbonyl (C=O) groups excluding carboxylic acids is 2. The molecular formula is C27H28N2O6. The molecule has 0 saturated carbocycles. The summed E-state index contributed by atoms with van der Waals surface area (Å²) in [6.07, 6.45) is 6.98. The van der Waals surface area contributed by atoms with E-state index in [-0.39, 0.29) is 29.5 Å². The van der Waals surface area contributed by atoms with E-state index in [9.17, 15) is 9.59 Å². The van der Waals surface area contributed by atoms with E-state index < -0.39 is 5.97 Å². The molecule has 1 fully saturated rings. The van der Waals surface area contributed by atoms with Crippen molar-refractivity contribution in [3.8, 4) is 17.4 Å². The third-order valence-electron chi connectivity index (χ3n) is 7.87. The second-order valence-electron chi connectivity index (χ2n) is 9.70. The molecule has 0 radical (unpaired) electrons. The van der Waals surface area contributed by atoms with E-state index in [4.69, 9.17) is 18.9 Å². The molecule has 5 atom stereocenters. The lowest BCUT2D eigenvalue weighted by Crippen LogP contribution is -2.65. The highest BCUT2D eigenvalue weighted by Gasteiger charge is 2.65. The molecule has 4 aliphatic rings. The SMILES string of the molecule is CCOC(=O)c1ccc(OC2C=C[C@H]3[C@H]4Cc5ccc(OC(C)=O)c6c5[C@@]3(CCN4C)C2O6)nc1. The van der Waals surface area contributed by atoms with E-state index in [1.165, 1.54) is 24.2 Å². The van der Waals surface area contributed by atoms with Crippen molar-refractivity contribution in [1.29, 1.82) is 0 Å². The summed E-state index contributed by atoms with van der Waals surface area (Å²) in [5.41, 5.74) is 2.53. The summed E-state index contributed by atoms with van der Waals surface area (Å²) in [5.74, 6) is 1.02. The van der Waals surface area contributed by atoms with Crippen molar-refractivity contribution in [2.75, 3.05) is 20.2 Å². The van der Waals surface area contributed by atoms with Crippen molar-refractivity contribution < 1.29 is 28.5 Å². The Morgan fingerprint density at radius 3 is 2.83 bits per heavy atom. The van der Waals surface area contributed by atoms with Gasteiger partial charge in [-0.25, -0.2) is 9.78 Å². The molecule has 35 heavy (non-hydrogen) atoms. The average molecular weight is 477 g/mol. The third kappa shape index (κ3) is 3.26. The lowest BCUT2D eigenvalue weighted by atomic mass is 9.53. The molecule has 8 heteroatoms. The molecule has 2 bridgehead atoms. The summed E-state index contributed by atoms with van der Waals surface area (Å²) in [4.78, 5) is 30.6. The first-order chi connectivity index (χ1) is 16.9. The molecule has 3 heterocycles. The predicted molar refractivity (Wildman–Crippen MR) is 126 cm³/mol. The fraction of sp³-hybridized carbons (Fsp3) is 0.444. The number of carbonyl (C=O) groups is 2. The van der Waals surface area contributed by atoms with Gasteiger partial charge in [0.05, 0.1) is 12.2 Å². The molecule has 0 amide bonds. The van der Waals surface area contributed by atoms with Gasteiger partial charge in [-0.1, -0.05) is 12.1 Å². The molecule has 2 aliphatic heterocycles. The van der Waals surface area contributed by atoms with Gasteiger partial charge in [-0.3, -0.25) is 4.79 Å². The number of piperidine rings is 1. The van der Waals surface area contributed by atoms with Crippen molar-refractivity contribution in [1.82, 2.24) is 9.88 Å². The van der Waals surface area contributed by atoms with Gasteiger partial charge in [0.25, 0.3) is 0 Å². The maximum absolute atomic E-state index is 12.0. The highest BCUT2D eigenvalue weighted by molar-refractivity contribution is 5.89. The van der Waals surface area contributed by atoms with Crippen LogP contribution in [0.1, 0.15) is 41.8 Å². The molecule has 1 aromatic heterocycles. The van der Waals surface area contributed by atoms with Gasteiger partial charge in [0.1, 0.15) is 6.10 Å². The lowest BCUT2D eigenvalue weighted by molar-refractivity contribution is -0.132. The summed E-state index contributed by atoms with van der Waals surface area (Å²) >= 11 is 0. The first-order valence-corrected chi connectivity index (χ1v) is 12.1. The summed E-state index contributed by atoms with van der Waals surface area (Å²) in [6.45, 7) is 4.42. The Kier molecular flexibility index (Phi) is 5.11. The molecule has 8 nitrogen and oxygen atoms in total. The summed E-state index contributed by atoms with van der Waals surface area (Å²) in [6, 6.07) is 7.63. The van der Waals surface area contributed by atoms with Crippen molar-refractivity contribution >= 4 is 11.9 Å². The fourth-order valence-corrected chi connectivity index (χ4v) is 6.47. The maximum Gasteiger partial charge on any atom is 0.339 e. The number of benzene rings is 1. The quantitative estimate of drug-likeness (QED) is 0.370. The highest BCUT2D eigenvalue weighted by atomic mass is 16.6. The Hall–Kier alpha value is -3.39. The van der Waals surface area contributed by atoms with Crippen LogP contribution in [0.25, 0.3) is 0 Å². The highest BCUT2D eigenvalue weighted by Crippen LogP contribution is 2.62. The molecule has 182 valence electrons. The Morgan fingerprint density at radius 2 is 2.09 bits per heavy atom. The molecule has 2 aromatic rings. The minimum atomic E-state index is -0.412. The van der Waals surface area contributed by atoms with Crippen LogP contribution in [0.3, 0.4) is 0 Å². The van der Waals surface area contributed by atoms with E-state index in [1.807, 2.05) is 6.07 Å². The third-order valence-corrected chi connectivity index (χ3v) is 7.87. The minimum absolute atomic E-state index is 0.263. The normalized spacial score (nSPS) is 29.7.